The zero-order valence-corrected chi connectivity index (χ0v) is 13.6. The van der Waals surface area contributed by atoms with Crippen molar-refractivity contribution in [2.75, 3.05) is 0 Å². The molecule has 0 unspecified atom stereocenters. The van der Waals surface area contributed by atoms with Gasteiger partial charge in [0.1, 0.15) is 5.56 Å². The minimum absolute atomic E-state index is 0.105. The normalized spacial score (nSPS) is 26.3. The van der Waals surface area contributed by atoms with Crippen LogP contribution in [0.3, 0.4) is 0 Å². The van der Waals surface area contributed by atoms with Crippen LogP contribution >= 0.6 is 12.2 Å². The molecule has 5 nitrogen and oxygen atoms in total. The van der Waals surface area contributed by atoms with Crippen molar-refractivity contribution in [2.24, 2.45) is 16.8 Å². The van der Waals surface area contributed by atoms with E-state index >= 15 is 0 Å². The van der Waals surface area contributed by atoms with Gasteiger partial charge in [-0.1, -0.05) is 26.7 Å². The van der Waals surface area contributed by atoms with E-state index in [1.165, 1.54) is 17.2 Å². The van der Waals surface area contributed by atoms with Gasteiger partial charge in [0.25, 0.3) is 5.56 Å². The summed E-state index contributed by atoms with van der Waals surface area (Å²) in [6.07, 6.45) is 4.94. The van der Waals surface area contributed by atoms with Gasteiger partial charge >= 0.3 is 0 Å². The summed E-state index contributed by atoms with van der Waals surface area (Å²) in [4.78, 5) is 19.1. The first kappa shape index (κ1) is 15.9. The van der Waals surface area contributed by atoms with Crippen molar-refractivity contribution in [3.8, 4) is 5.88 Å². The molecule has 1 aromatic heterocycles. The average molecular weight is 309 g/mol. The molecule has 1 aliphatic rings. The molecule has 0 aromatic carbocycles. The van der Waals surface area contributed by atoms with E-state index in [4.69, 9.17) is 12.2 Å². The van der Waals surface area contributed by atoms with E-state index in [0.717, 1.165) is 12.8 Å². The number of aromatic amines is 1. The quantitative estimate of drug-likeness (QED) is 0.666. The van der Waals surface area contributed by atoms with Crippen LogP contribution in [-0.2, 0) is 6.54 Å². The van der Waals surface area contributed by atoms with Gasteiger partial charge in [-0.15, -0.1) is 0 Å². The molecule has 0 aliphatic heterocycles. The van der Waals surface area contributed by atoms with Crippen LogP contribution in [0, 0.1) is 16.6 Å². The van der Waals surface area contributed by atoms with Crippen LogP contribution in [0.5, 0.6) is 5.88 Å². The molecule has 2 N–H and O–H groups in total. The molecular formula is C15H23N3O2S. The Bertz CT molecular complexity index is 647. The molecule has 1 aromatic rings. The maximum absolute atomic E-state index is 12.0. The summed E-state index contributed by atoms with van der Waals surface area (Å²) in [6, 6.07) is 0.214. The SMILES string of the molecule is CCn1c(O)c(C=N[C@H]2CCC[C@@H](C)[C@@H]2C)c(=O)[nH]c1=S. The molecule has 0 radical (unpaired) electrons. The number of aliphatic imine (C=N–C) groups is 1. The highest BCUT2D eigenvalue weighted by molar-refractivity contribution is 7.71. The number of nitrogens with zero attached hydrogens (tertiary/aromatic N) is 2. The van der Waals surface area contributed by atoms with Crippen molar-refractivity contribution >= 4 is 18.4 Å². The van der Waals surface area contributed by atoms with Crippen LogP contribution < -0.4 is 5.56 Å². The Hall–Kier alpha value is -1.43. The van der Waals surface area contributed by atoms with Gasteiger partial charge < -0.3 is 5.11 Å². The molecule has 1 aliphatic carbocycles. The van der Waals surface area contributed by atoms with Crippen molar-refractivity contribution in [3.63, 3.8) is 0 Å². The molecule has 0 bridgehead atoms. The minimum atomic E-state index is -0.387. The Labute approximate surface area is 129 Å². The van der Waals surface area contributed by atoms with Crippen LogP contribution in [0.4, 0.5) is 0 Å². The van der Waals surface area contributed by atoms with Gasteiger partial charge in [0.05, 0.1) is 6.04 Å². The Kier molecular flexibility index (Phi) is 4.98. The van der Waals surface area contributed by atoms with Gasteiger partial charge in [0, 0.05) is 12.8 Å². The molecule has 21 heavy (non-hydrogen) atoms. The number of aromatic nitrogens is 2. The van der Waals surface area contributed by atoms with Gasteiger partial charge in [-0.25, -0.2) is 0 Å². The summed E-state index contributed by atoms with van der Waals surface area (Å²) in [7, 11) is 0. The Morgan fingerprint density at radius 1 is 1.48 bits per heavy atom. The van der Waals surface area contributed by atoms with Crippen molar-refractivity contribution in [1.82, 2.24) is 9.55 Å². The van der Waals surface area contributed by atoms with Crippen molar-refractivity contribution in [3.05, 3.63) is 20.7 Å². The maximum Gasteiger partial charge on any atom is 0.264 e. The molecule has 1 fully saturated rings. The second-order valence-electron chi connectivity index (χ2n) is 5.85. The molecule has 6 heteroatoms. The lowest BCUT2D eigenvalue weighted by molar-refractivity contribution is 0.242. The van der Waals surface area contributed by atoms with E-state index in [9.17, 15) is 9.90 Å². The van der Waals surface area contributed by atoms with E-state index in [-0.39, 0.29) is 27.8 Å². The summed E-state index contributed by atoms with van der Waals surface area (Å²) in [5.41, 5.74) is -0.196. The second kappa shape index (κ2) is 6.56. The highest BCUT2D eigenvalue weighted by Gasteiger charge is 2.26. The molecule has 116 valence electrons. The maximum atomic E-state index is 12.0. The number of hydrogen-bond donors (Lipinski definition) is 2. The van der Waals surface area contributed by atoms with Crippen molar-refractivity contribution in [1.29, 1.82) is 0 Å². The topological polar surface area (TPSA) is 70.4 Å². The van der Waals surface area contributed by atoms with Gasteiger partial charge in [-0.2, -0.15) is 0 Å². The smallest absolute Gasteiger partial charge is 0.264 e. The average Bonchev–Trinajstić information content (AvgIpc) is 2.43. The highest BCUT2D eigenvalue weighted by atomic mass is 32.1. The molecule has 0 saturated heterocycles. The van der Waals surface area contributed by atoms with E-state index in [1.54, 1.807) is 0 Å². The van der Waals surface area contributed by atoms with E-state index in [0.29, 0.717) is 18.4 Å². The Morgan fingerprint density at radius 2 is 2.19 bits per heavy atom. The second-order valence-corrected chi connectivity index (χ2v) is 6.24. The fraction of sp³-hybridized carbons (Fsp3) is 0.667. The predicted molar refractivity (Wildman–Crippen MR) is 86.8 cm³/mol. The summed E-state index contributed by atoms with van der Waals surface area (Å²) < 4.78 is 1.72. The zero-order chi connectivity index (χ0) is 15.6. The molecule has 1 heterocycles. The van der Waals surface area contributed by atoms with Crippen LogP contribution in [0.2, 0.25) is 0 Å². The number of aromatic hydroxyl groups is 1. The standard InChI is InChI=1S/C15H23N3O2S/c1-4-18-14(20)11(13(19)17-15(18)21)8-16-12-7-5-6-9(2)10(12)3/h8-10,12,20H,4-7H2,1-3H3,(H,17,19,21)/t9-,10+,12+/m1/s1. The van der Waals surface area contributed by atoms with Crippen LogP contribution in [0.15, 0.2) is 9.79 Å². The molecule has 2 rings (SSSR count). The third-order valence-electron chi connectivity index (χ3n) is 4.58. The van der Waals surface area contributed by atoms with Gasteiger partial charge in [-0.05, 0) is 37.4 Å². The summed E-state index contributed by atoms with van der Waals surface area (Å²) >= 11 is 5.03. The van der Waals surface area contributed by atoms with Gasteiger partial charge in [-0.3, -0.25) is 19.3 Å². The van der Waals surface area contributed by atoms with Crippen molar-refractivity contribution in [2.45, 2.75) is 52.6 Å². The highest BCUT2D eigenvalue weighted by Crippen LogP contribution is 2.31. The number of rotatable bonds is 3. The van der Waals surface area contributed by atoms with E-state index in [1.807, 2.05) is 6.92 Å². The van der Waals surface area contributed by atoms with Crippen LogP contribution in [0.25, 0.3) is 0 Å². The largest absolute Gasteiger partial charge is 0.494 e. The summed E-state index contributed by atoms with van der Waals surface area (Å²) in [6.45, 7) is 6.81. The van der Waals surface area contributed by atoms with Gasteiger partial charge in [0.2, 0.25) is 5.88 Å². The lowest BCUT2D eigenvalue weighted by Gasteiger charge is -2.31. The first-order valence-electron chi connectivity index (χ1n) is 7.55. The molecular weight excluding hydrogens is 286 g/mol. The molecule has 1 saturated carbocycles. The van der Waals surface area contributed by atoms with Crippen LogP contribution in [-0.4, -0.2) is 26.9 Å². The third-order valence-corrected chi connectivity index (χ3v) is 4.90. The minimum Gasteiger partial charge on any atom is -0.494 e. The van der Waals surface area contributed by atoms with E-state index in [2.05, 4.69) is 23.8 Å². The number of hydrogen-bond acceptors (Lipinski definition) is 4. The third kappa shape index (κ3) is 3.26. The number of nitrogens with one attached hydrogen (secondary N) is 1. The first-order valence-corrected chi connectivity index (χ1v) is 7.95. The predicted octanol–water partition coefficient (Wildman–Crippen LogP) is 2.87. The zero-order valence-electron chi connectivity index (χ0n) is 12.8. The van der Waals surface area contributed by atoms with Crippen molar-refractivity contribution < 1.29 is 5.11 Å². The van der Waals surface area contributed by atoms with Crippen LogP contribution in [0.1, 0.15) is 45.6 Å². The Morgan fingerprint density at radius 3 is 2.86 bits per heavy atom. The fourth-order valence-corrected chi connectivity index (χ4v) is 3.23. The summed E-state index contributed by atoms with van der Waals surface area (Å²) in [5.74, 6) is 1.03. The lowest BCUT2D eigenvalue weighted by atomic mass is 9.78. The Balaban J connectivity index is 2.33. The molecule has 3 atom stereocenters. The summed E-state index contributed by atoms with van der Waals surface area (Å²) in [5, 5.41) is 10.2. The monoisotopic (exact) mass is 309 g/mol. The lowest BCUT2D eigenvalue weighted by Crippen LogP contribution is -2.28. The molecule has 0 amide bonds. The molecule has 0 spiro atoms. The fourth-order valence-electron chi connectivity index (χ4n) is 2.92. The van der Waals surface area contributed by atoms with Gasteiger partial charge in [0.15, 0.2) is 4.77 Å². The number of H-pyrrole nitrogens is 1. The first-order chi connectivity index (χ1) is 9.95. The van der Waals surface area contributed by atoms with E-state index < -0.39 is 0 Å².